The molecule has 0 aliphatic carbocycles. The molecule has 0 radical (unpaired) electrons. The highest BCUT2D eigenvalue weighted by molar-refractivity contribution is 5.82. The molecule has 0 bridgehead atoms. The lowest BCUT2D eigenvalue weighted by Crippen LogP contribution is -2.31. The molecule has 0 aromatic heterocycles. The van der Waals surface area contributed by atoms with E-state index in [0.717, 1.165) is 7.11 Å². The van der Waals surface area contributed by atoms with Gasteiger partial charge in [-0.2, -0.15) is 8.78 Å². The van der Waals surface area contributed by atoms with Gasteiger partial charge in [0.15, 0.2) is 0 Å². The number of carboxylic acid groups (broad SMARTS) is 1. The fraction of sp³-hybridized carbons (Fsp3) is 0.600. The zero-order chi connectivity index (χ0) is 9.07. The summed E-state index contributed by atoms with van der Waals surface area (Å²) in [6.07, 6.45) is -1.43. The summed E-state index contributed by atoms with van der Waals surface area (Å²) in [7, 11) is 0.903. The van der Waals surface area contributed by atoms with Crippen LogP contribution in [-0.4, -0.2) is 30.1 Å². The van der Waals surface area contributed by atoms with E-state index in [9.17, 15) is 18.4 Å². The van der Waals surface area contributed by atoms with Crippen LogP contribution in [0.4, 0.5) is 8.78 Å². The number of hydrogen-bond donors (Lipinski definition) is 1. The number of aliphatic carboxylic acids is 1. The largest absolute Gasteiger partial charge is 0.477 e. The molecule has 64 valence electrons. The highest BCUT2D eigenvalue weighted by atomic mass is 19.3. The molecule has 0 fully saturated rings. The Hall–Kier alpha value is -1.20. The van der Waals surface area contributed by atoms with E-state index in [1.807, 2.05) is 0 Å². The molecule has 11 heavy (non-hydrogen) atoms. The van der Waals surface area contributed by atoms with Crippen LogP contribution in [0.25, 0.3) is 0 Å². The van der Waals surface area contributed by atoms with Gasteiger partial charge in [0.1, 0.15) is 6.42 Å². The summed E-state index contributed by atoms with van der Waals surface area (Å²) in [5.74, 6) is -7.62. The van der Waals surface area contributed by atoms with Crippen molar-refractivity contribution in [1.82, 2.24) is 0 Å². The Morgan fingerprint density at radius 3 is 2.27 bits per heavy atom. The predicted octanol–water partition coefficient (Wildman–Crippen LogP) is 0.269. The second-order valence-corrected chi connectivity index (χ2v) is 1.76. The second kappa shape index (κ2) is 3.27. The number of carbonyl (C=O) groups excluding carboxylic acids is 1. The standard InChI is InChI=1S/C5H6F2O4/c1-11-3(8)2-5(6,7)4(9)10/h2H2,1H3,(H,9,10). The third kappa shape index (κ3) is 2.92. The summed E-state index contributed by atoms with van der Waals surface area (Å²) in [6, 6.07) is 0. The Kier molecular flexibility index (Phi) is 2.91. The van der Waals surface area contributed by atoms with Gasteiger partial charge >= 0.3 is 17.9 Å². The third-order valence-electron chi connectivity index (χ3n) is 0.907. The predicted molar refractivity (Wildman–Crippen MR) is 29.2 cm³/mol. The molecule has 0 aromatic carbocycles. The van der Waals surface area contributed by atoms with Gasteiger partial charge in [-0.05, 0) is 0 Å². The van der Waals surface area contributed by atoms with Crippen LogP contribution in [0, 0.1) is 0 Å². The third-order valence-corrected chi connectivity index (χ3v) is 0.907. The molecule has 0 heterocycles. The topological polar surface area (TPSA) is 63.6 Å². The van der Waals surface area contributed by atoms with E-state index >= 15 is 0 Å². The van der Waals surface area contributed by atoms with Crippen molar-refractivity contribution in [1.29, 1.82) is 0 Å². The smallest absolute Gasteiger partial charge is 0.375 e. The number of ether oxygens (including phenoxy) is 1. The molecule has 0 unspecified atom stereocenters. The first-order valence-electron chi connectivity index (χ1n) is 2.58. The molecule has 1 N–H and O–H groups in total. The van der Waals surface area contributed by atoms with Crippen LogP contribution >= 0.6 is 0 Å². The number of rotatable bonds is 3. The van der Waals surface area contributed by atoms with E-state index in [2.05, 4.69) is 4.74 Å². The molecule has 0 spiro atoms. The first kappa shape index (κ1) is 9.80. The fourth-order valence-electron chi connectivity index (χ4n) is 0.329. The van der Waals surface area contributed by atoms with Crippen molar-refractivity contribution in [3.8, 4) is 0 Å². The van der Waals surface area contributed by atoms with Crippen LogP contribution in [0.5, 0.6) is 0 Å². The van der Waals surface area contributed by atoms with Crippen LogP contribution in [0.2, 0.25) is 0 Å². The molecule has 0 saturated carbocycles. The molecule has 0 aliphatic rings. The number of halogens is 2. The van der Waals surface area contributed by atoms with E-state index in [0.29, 0.717) is 0 Å². The molecule has 0 saturated heterocycles. The Morgan fingerprint density at radius 2 is 2.00 bits per heavy atom. The summed E-state index contributed by atoms with van der Waals surface area (Å²) < 4.78 is 28.0. The zero-order valence-corrected chi connectivity index (χ0v) is 5.63. The Balaban J connectivity index is 4.12. The maximum Gasteiger partial charge on any atom is 0.375 e. The highest BCUT2D eigenvalue weighted by Gasteiger charge is 2.41. The van der Waals surface area contributed by atoms with Crippen LogP contribution in [0.3, 0.4) is 0 Å². The number of methoxy groups -OCH3 is 1. The van der Waals surface area contributed by atoms with E-state index in [1.165, 1.54) is 0 Å². The molecular formula is C5H6F2O4. The average Bonchev–Trinajstić information content (AvgIpc) is 1.86. The van der Waals surface area contributed by atoms with Gasteiger partial charge in [0.05, 0.1) is 7.11 Å². The summed E-state index contributed by atoms with van der Waals surface area (Å²) in [4.78, 5) is 19.9. The summed E-state index contributed by atoms with van der Waals surface area (Å²) in [6.45, 7) is 0. The van der Waals surface area contributed by atoms with E-state index in [1.54, 1.807) is 0 Å². The number of carboxylic acids is 1. The Labute approximate surface area is 60.8 Å². The minimum Gasteiger partial charge on any atom is -0.477 e. The van der Waals surface area contributed by atoms with Crippen molar-refractivity contribution in [3.05, 3.63) is 0 Å². The van der Waals surface area contributed by atoms with Gasteiger partial charge in [0, 0.05) is 0 Å². The lowest BCUT2D eigenvalue weighted by molar-refractivity contribution is -0.172. The van der Waals surface area contributed by atoms with Crippen molar-refractivity contribution in [2.75, 3.05) is 7.11 Å². The SMILES string of the molecule is COC(=O)CC(F)(F)C(=O)O. The van der Waals surface area contributed by atoms with Crippen molar-refractivity contribution in [3.63, 3.8) is 0 Å². The van der Waals surface area contributed by atoms with Crippen LogP contribution in [-0.2, 0) is 14.3 Å². The minimum atomic E-state index is -4.03. The van der Waals surface area contributed by atoms with Gasteiger partial charge in [-0.15, -0.1) is 0 Å². The summed E-state index contributed by atoms with van der Waals surface area (Å²) in [5.41, 5.74) is 0. The van der Waals surface area contributed by atoms with Crippen molar-refractivity contribution < 1.29 is 28.2 Å². The Morgan fingerprint density at radius 1 is 1.55 bits per heavy atom. The van der Waals surface area contributed by atoms with Crippen LogP contribution in [0.1, 0.15) is 6.42 Å². The minimum absolute atomic E-state index is 0.903. The maximum absolute atomic E-state index is 12.1. The normalized spacial score (nSPS) is 10.8. The number of alkyl halides is 2. The second-order valence-electron chi connectivity index (χ2n) is 1.76. The molecule has 0 atom stereocenters. The fourth-order valence-corrected chi connectivity index (χ4v) is 0.329. The molecule has 0 aliphatic heterocycles. The highest BCUT2D eigenvalue weighted by Crippen LogP contribution is 2.18. The van der Waals surface area contributed by atoms with Crippen molar-refractivity contribution >= 4 is 11.9 Å². The average molecular weight is 168 g/mol. The van der Waals surface area contributed by atoms with Crippen LogP contribution < -0.4 is 0 Å². The molecule has 0 aromatic rings. The lowest BCUT2D eigenvalue weighted by atomic mass is 10.2. The monoisotopic (exact) mass is 168 g/mol. The molecule has 0 rings (SSSR count). The summed E-state index contributed by atoms with van der Waals surface area (Å²) in [5, 5.41) is 7.83. The number of carbonyl (C=O) groups is 2. The molecule has 4 nitrogen and oxygen atoms in total. The quantitative estimate of drug-likeness (QED) is 0.614. The number of esters is 1. The van der Waals surface area contributed by atoms with E-state index in [4.69, 9.17) is 5.11 Å². The van der Waals surface area contributed by atoms with Crippen molar-refractivity contribution in [2.24, 2.45) is 0 Å². The van der Waals surface area contributed by atoms with E-state index in [-0.39, 0.29) is 0 Å². The van der Waals surface area contributed by atoms with Crippen LogP contribution in [0.15, 0.2) is 0 Å². The van der Waals surface area contributed by atoms with Gasteiger partial charge < -0.3 is 9.84 Å². The van der Waals surface area contributed by atoms with Gasteiger partial charge in [-0.1, -0.05) is 0 Å². The molecule has 6 heteroatoms. The molecule has 0 amide bonds. The zero-order valence-electron chi connectivity index (χ0n) is 5.63. The van der Waals surface area contributed by atoms with Gasteiger partial charge in [0.25, 0.3) is 0 Å². The van der Waals surface area contributed by atoms with E-state index < -0.39 is 24.3 Å². The number of hydrogen-bond acceptors (Lipinski definition) is 3. The summed E-state index contributed by atoms with van der Waals surface area (Å²) >= 11 is 0. The van der Waals surface area contributed by atoms with Crippen molar-refractivity contribution in [2.45, 2.75) is 12.3 Å². The van der Waals surface area contributed by atoms with Gasteiger partial charge in [0.2, 0.25) is 0 Å². The first-order chi connectivity index (χ1) is 4.90. The first-order valence-corrected chi connectivity index (χ1v) is 2.58. The van der Waals surface area contributed by atoms with Gasteiger partial charge in [-0.3, -0.25) is 4.79 Å². The lowest BCUT2D eigenvalue weighted by Gasteiger charge is -2.07. The van der Waals surface area contributed by atoms with Gasteiger partial charge in [-0.25, -0.2) is 4.79 Å². The Bertz CT molecular complexity index is 177. The maximum atomic E-state index is 12.1. The molecular weight excluding hydrogens is 162 g/mol.